The van der Waals surface area contributed by atoms with E-state index in [0.717, 1.165) is 44.6 Å². The molecule has 36 heavy (non-hydrogen) atoms. The van der Waals surface area contributed by atoms with Crippen molar-refractivity contribution >= 4 is 22.5 Å². The van der Waals surface area contributed by atoms with Gasteiger partial charge in [-0.2, -0.15) is 0 Å². The summed E-state index contributed by atoms with van der Waals surface area (Å²) in [7, 11) is 0. The SMILES string of the molecule is CC(=O)Nc1cccc(-c2cc(-c3ccc(Oc4cc(C5CC5)ccn4)cc3)cc3cncnc23)c1. The highest BCUT2D eigenvalue weighted by Gasteiger charge is 2.23. The summed E-state index contributed by atoms with van der Waals surface area (Å²) in [5.41, 5.74) is 6.92. The molecule has 0 unspecified atom stereocenters. The molecule has 6 nitrogen and oxygen atoms in total. The van der Waals surface area contributed by atoms with Crippen molar-refractivity contribution in [3.8, 4) is 33.9 Å². The van der Waals surface area contributed by atoms with E-state index >= 15 is 0 Å². The number of carbonyl (C=O) groups is 1. The Labute approximate surface area is 209 Å². The fraction of sp³-hybridized carbons (Fsp3) is 0.133. The minimum Gasteiger partial charge on any atom is -0.439 e. The Morgan fingerprint density at radius 1 is 0.917 bits per heavy atom. The first-order chi connectivity index (χ1) is 17.6. The number of nitrogens with one attached hydrogen (secondary N) is 1. The van der Waals surface area contributed by atoms with E-state index in [0.29, 0.717) is 11.8 Å². The second kappa shape index (κ2) is 9.23. The number of nitrogens with zero attached hydrogens (tertiary/aromatic N) is 3. The first-order valence-electron chi connectivity index (χ1n) is 12.0. The first kappa shape index (κ1) is 21.9. The van der Waals surface area contributed by atoms with E-state index in [9.17, 15) is 4.79 Å². The molecular weight excluding hydrogens is 448 g/mol. The molecule has 1 aliphatic rings. The number of hydrogen-bond acceptors (Lipinski definition) is 5. The number of carbonyl (C=O) groups excluding carboxylic acids is 1. The zero-order valence-electron chi connectivity index (χ0n) is 19.8. The molecule has 1 aliphatic carbocycles. The topological polar surface area (TPSA) is 77.0 Å². The van der Waals surface area contributed by atoms with Gasteiger partial charge < -0.3 is 10.1 Å². The summed E-state index contributed by atoms with van der Waals surface area (Å²) >= 11 is 0. The van der Waals surface area contributed by atoms with Gasteiger partial charge in [0.1, 0.15) is 12.1 Å². The lowest BCUT2D eigenvalue weighted by Gasteiger charge is -2.12. The average Bonchev–Trinajstić information content (AvgIpc) is 3.74. The Balaban J connectivity index is 1.33. The van der Waals surface area contributed by atoms with Gasteiger partial charge in [-0.15, -0.1) is 0 Å². The highest BCUT2D eigenvalue weighted by Crippen LogP contribution is 2.41. The molecule has 6 rings (SSSR count). The Morgan fingerprint density at radius 2 is 1.78 bits per heavy atom. The van der Waals surface area contributed by atoms with E-state index in [2.05, 4.69) is 38.5 Å². The molecule has 1 amide bonds. The van der Waals surface area contributed by atoms with Gasteiger partial charge in [0.05, 0.1) is 5.52 Å². The summed E-state index contributed by atoms with van der Waals surface area (Å²) in [5, 5.41) is 3.80. The van der Waals surface area contributed by atoms with E-state index in [1.54, 1.807) is 6.33 Å². The molecule has 1 N–H and O–H groups in total. The highest BCUT2D eigenvalue weighted by atomic mass is 16.5. The molecule has 0 radical (unpaired) electrons. The van der Waals surface area contributed by atoms with Gasteiger partial charge in [0, 0.05) is 42.0 Å². The van der Waals surface area contributed by atoms with Crippen LogP contribution in [0.2, 0.25) is 0 Å². The molecule has 176 valence electrons. The Kier molecular flexibility index (Phi) is 5.62. The predicted molar refractivity (Wildman–Crippen MR) is 141 cm³/mol. The molecule has 0 bridgehead atoms. The van der Waals surface area contributed by atoms with Crippen molar-refractivity contribution in [1.29, 1.82) is 0 Å². The number of amides is 1. The number of pyridine rings is 1. The monoisotopic (exact) mass is 472 g/mol. The molecule has 1 saturated carbocycles. The van der Waals surface area contributed by atoms with Gasteiger partial charge >= 0.3 is 0 Å². The van der Waals surface area contributed by atoms with Gasteiger partial charge in [0.15, 0.2) is 0 Å². The van der Waals surface area contributed by atoms with Crippen LogP contribution in [0.5, 0.6) is 11.6 Å². The molecule has 3 aromatic carbocycles. The van der Waals surface area contributed by atoms with E-state index in [1.165, 1.54) is 25.3 Å². The van der Waals surface area contributed by atoms with Crippen LogP contribution in [-0.4, -0.2) is 20.9 Å². The van der Waals surface area contributed by atoms with Gasteiger partial charge in [-0.25, -0.2) is 15.0 Å². The van der Waals surface area contributed by atoms with Crippen molar-refractivity contribution in [1.82, 2.24) is 15.0 Å². The lowest BCUT2D eigenvalue weighted by Crippen LogP contribution is -2.05. The minimum atomic E-state index is -0.107. The van der Waals surface area contributed by atoms with Crippen molar-refractivity contribution in [2.24, 2.45) is 0 Å². The fourth-order valence-electron chi connectivity index (χ4n) is 4.45. The molecule has 0 spiro atoms. The summed E-state index contributed by atoms with van der Waals surface area (Å²) in [5.74, 6) is 1.91. The third kappa shape index (κ3) is 4.66. The molecule has 0 saturated heterocycles. The zero-order chi connectivity index (χ0) is 24.5. The van der Waals surface area contributed by atoms with Crippen LogP contribution in [0.3, 0.4) is 0 Å². The number of benzene rings is 3. The maximum absolute atomic E-state index is 11.6. The second-order valence-electron chi connectivity index (χ2n) is 9.07. The molecule has 1 fully saturated rings. The predicted octanol–water partition coefficient (Wildman–Crippen LogP) is 6.99. The summed E-state index contributed by atoms with van der Waals surface area (Å²) in [6, 6.07) is 24.1. The minimum absolute atomic E-state index is 0.107. The highest BCUT2D eigenvalue weighted by molar-refractivity contribution is 5.98. The van der Waals surface area contributed by atoms with Crippen LogP contribution in [0, 0.1) is 0 Å². The molecule has 6 heteroatoms. The number of rotatable bonds is 6. The van der Waals surface area contributed by atoms with Crippen LogP contribution >= 0.6 is 0 Å². The van der Waals surface area contributed by atoms with Gasteiger partial charge in [-0.05, 0) is 83.5 Å². The Morgan fingerprint density at radius 3 is 2.58 bits per heavy atom. The first-order valence-corrected chi connectivity index (χ1v) is 12.0. The van der Waals surface area contributed by atoms with Crippen molar-refractivity contribution in [3.63, 3.8) is 0 Å². The number of fused-ring (bicyclic) bond motifs is 1. The third-order valence-corrected chi connectivity index (χ3v) is 6.32. The fourth-order valence-corrected chi connectivity index (χ4v) is 4.45. The van der Waals surface area contributed by atoms with Gasteiger partial charge in [0.25, 0.3) is 0 Å². The standard InChI is InChI=1S/C30H24N4O2/c1-19(35)34-26-4-2-3-23(14-26)28-15-24(13-25-17-31-18-33-30(25)28)21-7-9-27(10-8-21)36-29-16-22(11-12-32-29)20-5-6-20/h2-4,7-18,20H,5-6H2,1H3,(H,34,35). The van der Waals surface area contributed by atoms with E-state index in [-0.39, 0.29) is 5.91 Å². The average molecular weight is 473 g/mol. The third-order valence-electron chi connectivity index (χ3n) is 6.32. The summed E-state index contributed by atoms with van der Waals surface area (Å²) in [6.07, 6.45) is 7.68. The summed E-state index contributed by atoms with van der Waals surface area (Å²) < 4.78 is 6.03. The zero-order valence-corrected chi connectivity index (χ0v) is 19.8. The van der Waals surface area contributed by atoms with Crippen molar-refractivity contribution in [3.05, 3.63) is 97.1 Å². The molecule has 2 heterocycles. The largest absolute Gasteiger partial charge is 0.439 e. The maximum atomic E-state index is 11.6. The van der Waals surface area contributed by atoms with Crippen LogP contribution in [0.25, 0.3) is 33.2 Å². The molecule has 5 aromatic rings. The van der Waals surface area contributed by atoms with Gasteiger partial charge in [0.2, 0.25) is 11.8 Å². The smallest absolute Gasteiger partial charge is 0.221 e. The molecule has 0 aliphatic heterocycles. The van der Waals surface area contributed by atoms with Crippen molar-refractivity contribution < 1.29 is 9.53 Å². The van der Waals surface area contributed by atoms with Crippen molar-refractivity contribution in [2.75, 3.05) is 5.32 Å². The second-order valence-corrected chi connectivity index (χ2v) is 9.07. The summed E-state index contributed by atoms with van der Waals surface area (Å²) in [6.45, 7) is 1.50. The van der Waals surface area contributed by atoms with Crippen LogP contribution in [0.1, 0.15) is 31.2 Å². The van der Waals surface area contributed by atoms with Gasteiger partial charge in [-0.3, -0.25) is 4.79 Å². The normalized spacial score (nSPS) is 12.9. The van der Waals surface area contributed by atoms with Gasteiger partial charge in [-0.1, -0.05) is 24.3 Å². The number of anilines is 1. The molecule has 0 atom stereocenters. The van der Waals surface area contributed by atoms with E-state index < -0.39 is 0 Å². The van der Waals surface area contributed by atoms with E-state index in [1.807, 2.05) is 67.0 Å². The van der Waals surface area contributed by atoms with Crippen molar-refractivity contribution in [2.45, 2.75) is 25.7 Å². The number of aromatic nitrogens is 3. The van der Waals surface area contributed by atoms with Crippen LogP contribution in [0.4, 0.5) is 5.69 Å². The molecule has 2 aromatic heterocycles. The number of ether oxygens (including phenoxy) is 1. The lowest BCUT2D eigenvalue weighted by molar-refractivity contribution is -0.114. The lowest BCUT2D eigenvalue weighted by atomic mass is 9.96. The maximum Gasteiger partial charge on any atom is 0.221 e. The molecular formula is C30H24N4O2. The van der Waals surface area contributed by atoms with Crippen LogP contribution < -0.4 is 10.1 Å². The van der Waals surface area contributed by atoms with E-state index in [4.69, 9.17) is 4.74 Å². The summed E-state index contributed by atoms with van der Waals surface area (Å²) in [4.78, 5) is 24.7. The quantitative estimate of drug-likeness (QED) is 0.288. The Hall–Kier alpha value is -4.58. The van der Waals surface area contributed by atoms with Crippen LogP contribution in [0.15, 0.2) is 91.5 Å². The Bertz CT molecular complexity index is 1580. The van der Waals surface area contributed by atoms with Crippen LogP contribution in [-0.2, 0) is 4.79 Å². The number of hydrogen-bond donors (Lipinski definition) is 1.